The predicted molar refractivity (Wildman–Crippen MR) is 140 cm³/mol. The van der Waals surface area contributed by atoms with Crippen LogP contribution in [0.4, 0.5) is 5.13 Å². The third-order valence-electron chi connectivity index (χ3n) is 6.32. The van der Waals surface area contributed by atoms with Crippen LogP contribution in [0, 0.1) is 6.92 Å². The lowest BCUT2D eigenvalue weighted by atomic mass is 9.98. The van der Waals surface area contributed by atoms with Crippen LogP contribution in [0.1, 0.15) is 40.2 Å². The van der Waals surface area contributed by atoms with E-state index in [9.17, 15) is 9.59 Å². The van der Waals surface area contributed by atoms with Crippen LogP contribution in [0.25, 0.3) is 21.2 Å². The molecule has 2 aromatic heterocycles. The van der Waals surface area contributed by atoms with E-state index >= 15 is 0 Å². The second-order valence-corrected chi connectivity index (χ2v) is 9.59. The molecule has 0 unspecified atom stereocenters. The van der Waals surface area contributed by atoms with Crippen LogP contribution in [0.2, 0.25) is 0 Å². The fourth-order valence-corrected chi connectivity index (χ4v) is 5.66. The molecule has 0 bridgehead atoms. The summed E-state index contributed by atoms with van der Waals surface area (Å²) in [5.41, 5.74) is 2.94. The molecular weight excluding hydrogens is 476 g/mol. The quantitative estimate of drug-likeness (QED) is 0.302. The molecule has 8 heteroatoms. The smallest absolute Gasteiger partial charge is 0.297 e. The summed E-state index contributed by atoms with van der Waals surface area (Å²) >= 11 is 1.37. The summed E-state index contributed by atoms with van der Waals surface area (Å²) in [4.78, 5) is 33.9. The molecule has 1 aliphatic rings. The number of amides is 1. The fraction of sp³-hybridized carbons (Fsp3) is 0.179. The normalized spacial score (nSPS) is 15.0. The topological polar surface area (TPSA) is 81.9 Å². The highest BCUT2D eigenvalue weighted by Crippen LogP contribution is 2.44. The van der Waals surface area contributed by atoms with E-state index in [1.54, 1.807) is 24.1 Å². The average molecular weight is 499 g/mol. The van der Waals surface area contributed by atoms with Crippen molar-refractivity contribution >= 4 is 43.6 Å². The molecule has 1 aliphatic heterocycles. The number of thiazole rings is 1. The number of anilines is 1. The minimum atomic E-state index is -0.688. The second kappa shape index (κ2) is 8.49. The van der Waals surface area contributed by atoms with Gasteiger partial charge in [-0.25, -0.2) is 4.98 Å². The molecule has 180 valence electrons. The molecule has 1 atom stereocenters. The van der Waals surface area contributed by atoms with Gasteiger partial charge in [-0.2, -0.15) is 0 Å². The Hall–Kier alpha value is -4.17. The third kappa shape index (κ3) is 3.45. The van der Waals surface area contributed by atoms with Gasteiger partial charge in [0.2, 0.25) is 5.76 Å². The monoisotopic (exact) mass is 498 g/mol. The van der Waals surface area contributed by atoms with Gasteiger partial charge in [0.15, 0.2) is 10.6 Å². The molecular formula is C28H22N2O5S. The largest absolute Gasteiger partial charge is 0.497 e. The Bertz CT molecular complexity index is 1700. The maximum absolute atomic E-state index is 13.8. The van der Waals surface area contributed by atoms with E-state index < -0.39 is 11.9 Å². The van der Waals surface area contributed by atoms with Crippen molar-refractivity contribution in [3.05, 3.63) is 93.3 Å². The number of rotatable bonds is 5. The summed E-state index contributed by atoms with van der Waals surface area (Å²) in [6.07, 6.45) is 0. The van der Waals surface area contributed by atoms with Crippen LogP contribution in [0.3, 0.4) is 0 Å². The first-order chi connectivity index (χ1) is 17.5. The van der Waals surface area contributed by atoms with Gasteiger partial charge >= 0.3 is 0 Å². The molecule has 0 radical (unpaired) electrons. The highest BCUT2D eigenvalue weighted by molar-refractivity contribution is 7.22. The van der Waals surface area contributed by atoms with Crippen LogP contribution < -0.4 is 19.8 Å². The van der Waals surface area contributed by atoms with Crippen molar-refractivity contribution in [1.82, 2.24) is 4.98 Å². The highest BCUT2D eigenvalue weighted by atomic mass is 32.1. The average Bonchev–Trinajstić information content (AvgIpc) is 3.43. The van der Waals surface area contributed by atoms with Gasteiger partial charge in [-0.15, -0.1) is 0 Å². The van der Waals surface area contributed by atoms with E-state index in [-0.39, 0.29) is 11.2 Å². The number of hydrogen-bond donors (Lipinski definition) is 0. The SMILES string of the molecule is CCOc1ccc([C@H]2c3c(oc4ccc(C)cc4c3=O)C(=O)N2c2nc3ccc(OC)cc3s2)cc1. The summed E-state index contributed by atoms with van der Waals surface area (Å²) in [7, 11) is 1.61. The van der Waals surface area contributed by atoms with E-state index in [0.717, 1.165) is 21.3 Å². The number of aromatic nitrogens is 1. The Kier molecular flexibility index (Phi) is 5.26. The van der Waals surface area contributed by atoms with Crippen molar-refractivity contribution in [2.45, 2.75) is 19.9 Å². The molecule has 36 heavy (non-hydrogen) atoms. The molecule has 3 heterocycles. The van der Waals surface area contributed by atoms with Gasteiger partial charge in [0.1, 0.15) is 17.1 Å². The van der Waals surface area contributed by atoms with Gasteiger partial charge < -0.3 is 13.9 Å². The number of benzene rings is 3. The first kappa shape index (κ1) is 22.3. The first-order valence-corrected chi connectivity index (χ1v) is 12.4. The molecule has 7 nitrogen and oxygen atoms in total. The van der Waals surface area contributed by atoms with E-state index in [2.05, 4.69) is 0 Å². The Morgan fingerprint density at radius 2 is 1.81 bits per heavy atom. The van der Waals surface area contributed by atoms with Gasteiger partial charge in [0, 0.05) is 0 Å². The number of nitrogens with zero attached hydrogens (tertiary/aromatic N) is 2. The lowest BCUT2D eigenvalue weighted by Crippen LogP contribution is -2.29. The summed E-state index contributed by atoms with van der Waals surface area (Å²) in [5.74, 6) is 1.07. The van der Waals surface area contributed by atoms with E-state index in [1.165, 1.54) is 11.3 Å². The van der Waals surface area contributed by atoms with Crippen molar-refractivity contribution in [2.75, 3.05) is 18.6 Å². The zero-order valence-electron chi connectivity index (χ0n) is 19.9. The Balaban J connectivity index is 1.58. The zero-order chi connectivity index (χ0) is 25.0. The maximum atomic E-state index is 13.8. The van der Waals surface area contributed by atoms with Crippen LogP contribution in [-0.2, 0) is 0 Å². The first-order valence-electron chi connectivity index (χ1n) is 11.6. The van der Waals surface area contributed by atoms with Crippen molar-refractivity contribution in [3.8, 4) is 11.5 Å². The lowest BCUT2D eigenvalue weighted by molar-refractivity contribution is 0.0971. The van der Waals surface area contributed by atoms with Crippen molar-refractivity contribution < 1.29 is 18.7 Å². The lowest BCUT2D eigenvalue weighted by Gasteiger charge is -2.22. The Morgan fingerprint density at radius 1 is 1.03 bits per heavy atom. The summed E-state index contributed by atoms with van der Waals surface area (Å²) < 4.78 is 17.9. The van der Waals surface area contributed by atoms with Gasteiger partial charge in [-0.1, -0.05) is 35.1 Å². The number of fused-ring (bicyclic) bond motifs is 3. The second-order valence-electron chi connectivity index (χ2n) is 8.58. The number of methoxy groups -OCH3 is 1. The summed E-state index contributed by atoms with van der Waals surface area (Å²) in [5, 5.41) is 0.932. The molecule has 0 N–H and O–H groups in total. The van der Waals surface area contributed by atoms with Crippen LogP contribution in [-0.4, -0.2) is 24.6 Å². The minimum absolute atomic E-state index is 0.0482. The standard InChI is InChI=1S/C28H22N2O5S/c1-4-34-17-8-6-16(7-9-17)24-23-25(31)19-13-15(2)5-12-21(19)35-26(23)27(32)30(24)28-29-20-11-10-18(33-3)14-22(20)36-28/h5-14,24H,4H2,1-3H3/t24-/m0/s1. The van der Waals surface area contributed by atoms with Crippen molar-refractivity contribution in [1.29, 1.82) is 0 Å². The van der Waals surface area contributed by atoms with E-state index in [0.29, 0.717) is 39.8 Å². The number of ether oxygens (including phenoxy) is 2. The third-order valence-corrected chi connectivity index (χ3v) is 7.34. The summed E-state index contributed by atoms with van der Waals surface area (Å²) in [6.45, 7) is 4.38. The predicted octanol–water partition coefficient (Wildman–Crippen LogP) is 5.87. The Morgan fingerprint density at radius 3 is 2.56 bits per heavy atom. The number of carbonyl (C=O) groups excluding carboxylic acids is 1. The number of hydrogen-bond acceptors (Lipinski definition) is 7. The van der Waals surface area contributed by atoms with Crippen molar-refractivity contribution in [2.24, 2.45) is 0 Å². The molecule has 0 aliphatic carbocycles. The van der Waals surface area contributed by atoms with Crippen LogP contribution in [0.15, 0.2) is 69.9 Å². The fourth-order valence-electron chi connectivity index (χ4n) is 4.64. The molecule has 0 spiro atoms. The number of carbonyl (C=O) groups is 1. The van der Waals surface area contributed by atoms with Gasteiger partial charge in [-0.3, -0.25) is 14.5 Å². The van der Waals surface area contributed by atoms with E-state index in [4.69, 9.17) is 18.9 Å². The molecule has 6 rings (SSSR count). The van der Waals surface area contributed by atoms with Gasteiger partial charge in [-0.05, 0) is 61.9 Å². The maximum Gasteiger partial charge on any atom is 0.297 e. The molecule has 0 saturated heterocycles. The van der Waals surface area contributed by atoms with Crippen LogP contribution in [0.5, 0.6) is 11.5 Å². The minimum Gasteiger partial charge on any atom is -0.497 e. The molecule has 0 fully saturated rings. The van der Waals surface area contributed by atoms with E-state index in [1.807, 2.05) is 62.4 Å². The molecule has 0 saturated carbocycles. The molecule has 5 aromatic rings. The van der Waals surface area contributed by atoms with Gasteiger partial charge in [0.05, 0.1) is 40.9 Å². The summed E-state index contributed by atoms with van der Waals surface area (Å²) in [6, 6.07) is 17.7. The zero-order valence-corrected chi connectivity index (χ0v) is 20.7. The van der Waals surface area contributed by atoms with Crippen LogP contribution >= 0.6 is 11.3 Å². The molecule has 1 amide bonds. The Labute approximate surface area is 210 Å². The highest BCUT2D eigenvalue weighted by Gasteiger charge is 2.45. The van der Waals surface area contributed by atoms with Crippen molar-refractivity contribution in [3.63, 3.8) is 0 Å². The van der Waals surface area contributed by atoms with Gasteiger partial charge in [0.25, 0.3) is 5.91 Å². The number of aryl methyl sites for hydroxylation is 1. The molecule has 3 aromatic carbocycles.